The predicted octanol–water partition coefficient (Wildman–Crippen LogP) is 3.27. The van der Waals surface area contributed by atoms with Crippen molar-refractivity contribution in [3.8, 4) is 0 Å². The van der Waals surface area contributed by atoms with Gasteiger partial charge in [0.25, 0.3) is 0 Å². The zero-order valence-corrected chi connectivity index (χ0v) is 10.4. The first-order valence-corrected chi connectivity index (χ1v) is 6.06. The predicted molar refractivity (Wildman–Crippen MR) is 63.1 cm³/mol. The Morgan fingerprint density at radius 2 is 2.27 bits per heavy atom. The number of rotatable bonds is 5. The van der Waals surface area contributed by atoms with E-state index < -0.39 is 0 Å². The Kier molecular flexibility index (Phi) is 4.33. The molecule has 0 aliphatic carbocycles. The van der Waals surface area contributed by atoms with Crippen molar-refractivity contribution in [2.75, 3.05) is 7.11 Å². The SMILES string of the molecule is COC(=O)CC(C)(C)CCc1ccsc1. The van der Waals surface area contributed by atoms with Gasteiger partial charge in [-0.15, -0.1) is 0 Å². The zero-order valence-electron chi connectivity index (χ0n) is 9.58. The van der Waals surface area contributed by atoms with Crippen LogP contribution in [0.3, 0.4) is 0 Å². The average Bonchev–Trinajstić information content (AvgIpc) is 2.66. The van der Waals surface area contributed by atoms with Gasteiger partial charge in [-0.2, -0.15) is 11.3 Å². The van der Waals surface area contributed by atoms with Crippen LogP contribution < -0.4 is 0 Å². The fraction of sp³-hybridized carbons (Fsp3) is 0.583. The molecule has 0 saturated heterocycles. The van der Waals surface area contributed by atoms with Crippen LogP contribution in [0.25, 0.3) is 0 Å². The molecule has 0 spiro atoms. The number of methoxy groups -OCH3 is 1. The van der Waals surface area contributed by atoms with Gasteiger partial charge in [-0.25, -0.2) is 0 Å². The summed E-state index contributed by atoms with van der Waals surface area (Å²) in [6, 6.07) is 2.14. The van der Waals surface area contributed by atoms with Crippen molar-refractivity contribution < 1.29 is 9.53 Å². The summed E-state index contributed by atoms with van der Waals surface area (Å²) in [7, 11) is 1.44. The van der Waals surface area contributed by atoms with E-state index in [1.807, 2.05) is 0 Å². The van der Waals surface area contributed by atoms with Crippen molar-refractivity contribution >= 4 is 17.3 Å². The monoisotopic (exact) mass is 226 g/mol. The lowest BCUT2D eigenvalue weighted by Crippen LogP contribution is -2.18. The molecular formula is C12H18O2S. The van der Waals surface area contributed by atoms with Gasteiger partial charge in [0.15, 0.2) is 0 Å². The lowest BCUT2D eigenvalue weighted by molar-refractivity contribution is -0.143. The Bertz CT molecular complexity index is 301. The maximum absolute atomic E-state index is 11.2. The molecule has 0 N–H and O–H groups in total. The molecule has 0 fully saturated rings. The largest absolute Gasteiger partial charge is 0.469 e. The van der Waals surface area contributed by atoms with E-state index >= 15 is 0 Å². The van der Waals surface area contributed by atoms with Crippen LogP contribution in [0.1, 0.15) is 32.3 Å². The Hall–Kier alpha value is -0.830. The van der Waals surface area contributed by atoms with Gasteiger partial charge in [-0.1, -0.05) is 13.8 Å². The zero-order chi connectivity index (χ0) is 11.3. The molecule has 0 radical (unpaired) electrons. The van der Waals surface area contributed by atoms with E-state index in [4.69, 9.17) is 0 Å². The minimum atomic E-state index is -0.120. The smallest absolute Gasteiger partial charge is 0.306 e. The van der Waals surface area contributed by atoms with E-state index in [-0.39, 0.29) is 11.4 Å². The van der Waals surface area contributed by atoms with Crippen molar-refractivity contribution in [1.29, 1.82) is 0 Å². The van der Waals surface area contributed by atoms with Gasteiger partial charge in [0.1, 0.15) is 0 Å². The standard InChI is InChI=1S/C12H18O2S/c1-12(2,8-11(13)14-3)6-4-10-5-7-15-9-10/h5,7,9H,4,6,8H2,1-3H3. The number of aryl methyl sites for hydroxylation is 1. The number of carbonyl (C=O) groups is 1. The van der Waals surface area contributed by atoms with Crippen molar-refractivity contribution in [2.24, 2.45) is 5.41 Å². The van der Waals surface area contributed by atoms with Crippen LogP contribution in [-0.4, -0.2) is 13.1 Å². The van der Waals surface area contributed by atoms with E-state index in [1.54, 1.807) is 11.3 Å². The highest BCUT2D eigenvalue weighted by atomic mass is 32.1. The molecule has 15 heavy (non-hydrogen) atoms. The molecule has 1 heterocycles. The number of hydrogen-bond donors (Lipinski definition) is 0. The second-order valence-corrected chi connectivity index (χ2v) is 5.33. The summed E-state index contributed by atoms with van der Waals surface area (Å²) in [5.41, 5.74) is 1.38. The van der Waals surface area contributed by atoms with E-state index in [1.165, 1.54) is 12.7 Å². The number of esters is 1. The molecule has 1 rings (SSSR count). The summed E-state index contributed by atoms with van der Waals surface area (Å²) >= 11 is 1.72. The molecule has 0 aromatic carbocycles. The van der Waals surface area contributed by atoms with E-state index in [0.29, 0.717) is 6.42 Å². The van der Waals surface area contributed by atoms with Crippen LogP contribution >= 0.6 is 11.3 Å². The molecule has 0 aliphatic heterocycles. The van der Waals surface area contributed by atoms with Gasteiger partial charge >= 0.3 is 5.97 Å². The normalized spacial score (nSPS) is 11.4. The molecular weight excluding hydrogens is 208 g/mol. The summed E-state index contributed by atoms with van der Waals surface area (Å²) in [6.07, 6.45) is 2.54. The molecule has 84 valence electrons. The van der Waals surface area contributed by atoms with Crippen LogP contribution in [0.4, 0.5) is 0 Å². The Morgan fingerprint density at radius 1 is 1.53 bits per heavy atom. The molecule has 0 unspecified atom stereocenters. The van der Waals surface area contributed by atoms with Crippen LogP contribution in [0.15, 0.2) is 16.8 Å². The fourth-order valence-corrected chi connectivity index (χ4v) is 2.17. The summed E-state index contributed by atoms with van der Waals surface area (Å²) in [5.74, 6) is -0.120. The Balaban J connectivity index is 2.39. The summed E-state index contributed by atoms with van der Waals surface area (Å²) < 4.78 is 4.69. The van der Waals surface area contributed by atoms with Gasteiger partial charge in [0, 0.05) is 0 Å². The number of ether oxygens (including phenoxy) is 1. The molecule has 0 atom stereocenters. The minimum absolute atomic E-state index is 0.0228. The van der Waals surface area contributed by atoms with Crippen LogP contribution in [-0.2, 0) is 16.0 Å². The molecule has 2 nitrogen and oxygen atoms in total. The van der Waals surface area contributed by atoms with Crippen LogP contribution in [0, 0.1) is 5.41 Å². The third-order valence-corrected chi connectivity index (χ3v) is 3.25. The number of carbonyl (C=O) groups excluding carboxylic acids is 1. The summed E-state index contributed by atoms with van der Waals surface area (Å²) in [6.45, 7) is 4.21. The second kappa shape index (κ2) is 5.31. The first kappa shape index (κ1) is 12.2. The van der Waals surface area contributed by atoms with E-state index in [0.717, 1.165) is 12.8 Å². The highest BCUT2D eigenvalue weighted by Gasteiger charge is 2.22. The molecule has 0 saturated carbocycles. The summed E-state index contributed by atoms with van der Waals surface area (Å²) in [4.78, 5) is 11.2. The number of hydrogen-bond acceptors (Lipinski definition) is 3. The molecule has 0 bridgehead atoms. The van der Waals surface area contributed by atoms with E-state index in [9.17, 15) is 4.79 Å². The quantitative estimate of drug-likeness (QED) is 0.720. The minimum Gasteiger partial charge on any atom is -0.469 e. The van der Waals surface area contributed by atoms with Gasteiger partial charge in [0.2, 0.25) is 0 Å². The summed E-state index contributed by atoms with van der Waals surface area (Å²) in [5, 5.41) is 4.25. The van der Waals surface area contributed by atoms with Crippen molar-refractivity contribution in [3.63, 3.8) is 0 Å². The first-order chi connectivity index (χ1) is 7.03. The second-order valence-electron chi connectivity index (χ2n) is 4.55. The molecule has 0 aliphatic rings. The van der Waals surface area contributed by atoms with Gasteiger partial charge in [0.05, 0.1) is 13.5 Å². The highest BCUT2D eigenvalue weighted by molar-refractivity contribution is 7.07. The lowest BCUT2D eigenvalue weighted by Gasteiger charge is -2.22. The van der Waals surface area contributed by atoms with Crippen LogP contribution in [0.2, 0.25) is 0 Å². The molecule has 1 aromatic heterocycles. The lowest BCUT2D eigenvalue weighted by atomic mass is 9.83. The Labute approximate surface area is 95.3 Å². The van der Waals surface area contributed by atoms with Crippen molar-refractivity contribution in [3.05, 3.63) is 22.4 Å². The maximum atomic E-state index is 11.2. The third-order valence-electron chi connectivity index (χ3n) is 2.52. The van der Waals surface area contributed by atoms with Crippen molar-refractivity contribution in [1.82, 2.24) is 0 Å². The Morgan fingerprint density at radius 3 is 2.80 bits per heavy atom. The molecule has 0 amide bonds. The molecule has 3 heteroatoms. The first-order valence-electron chi connectivity index (χ1n) is 5.11. The highest BCUT2D eigenvalue weighted by Crippen LogP contribution is 2.27. The molecule has 1 aromatic rings. The van der Waals surface area contributed by atoms with Gasteiger partial charge < -0.3 is 4.74 Å². The topological polar surface area (TPSA) is 26.3 Å². The third kappa shape index (κ3) is 4.47. The van der Waals surface area contributed by atoms with E-state index in [2.05, 4.69) is 35.4 Å². The number of thiophene rings is 1. The van der Waals surface area contributed by atoms with Crippen molar-refractivity contribution in [2.45, 2.75) is 33.1 Å². The fourth-order valence-electron chi connectivity index (χ4n) is 1.47. The average molecular weight is 226 g/mol. The van der Waals surface area contributed by atoms with Gasteiger partial charge in [-0.3, -0.25) is 4.79 Å². The van der Waals surface area contributed by atoms with Crippen LogP contribution in [0.5, 0.6) is 0 Å². The maximum Gasteiger partial charge on any atom is 0.306 e. The van der Waals surface area contributed by atoms with Gasteiger partial charge in [-0.05, 0) is 40.6 Å².